The van der Waals surface area contributed by atoms with Crippen LogP contribution in [0.3, 0.4) is 0 Å². The summed E-state index contributed by atoms with van der Waals surface area (Å²) in [6.45, 7) is 2.13. The van der Waals surface area contributed by atoms with Gasteiger partial charge in [-0.25, -0.2) is 0 Å². The average Bonchev–Trinajstić information content (AvgIpc) is 2.81. The SMILES string of the molecule is Cc1ccccc1[Se]c1ncnc2nc[nH]c12. The zero-order valence-corrected chi connectivity index (χ0v) is 10.9. The number of nitrogens with one attached hydrogen (secondary N) is 1. The normalized spacial score (nSPS) is 10.9. The number of aromatic nitrogens is 4. The van der Waals surface area contributed by atoms with Gasteiger partial charge in [0, 0.05) is 0 Å². The number of hydrogen-bond acceptors (Lipinski definition) is 3. The molecular formula is C12H10N4Se. The van der Waals surface area contributed by atoms with Crippen LogP contribution in [0.15, 0.2) is 36.9 Å². The minimum atomic E-state index is 0.180. The summed E-state index contributed by atoms with van der Waals surface area (Å²) in [5, 5.41) is 0. The minimum absolute atomic E-state index is 0.180. The van der Waals surface area contributed by atoms with E-state index >= 15 is 0 Å². The van der Waals surface area contributed by atoms with Gasteiger partial charge in [0.05, 0.1) is 0 Å². The first-order valence-electron chi connectivity index (χ1n) is 5.22. The summed E-state index contributed by atoms with van der Waals surface area (Å²) < 4.78 is 2.39. The molecule has 0 aliphatic carbocycles. The Morgan fingerprint density at radius 3 is 2.88 bits per heavy atom. The van der Waals surface area contributed by atoms with Gasteiger partial charge < -0.3 is 0 Å². The number of imidazole rings is 1. The standard InChI is InChI=1S/C12H10N4Se/c1-8-4-2-3-5-9(8)17-12-10-11(14-6-13-10)15-7-16-12/h2-7H,1H3,(H,13,14,15,16). The molecule has 0 bridgehead atoms. The zero-order valence-electron chi connectivity index (χ0n) is 9.21. The summed E-state index contributed by atoms with van der Waals surface area (Å²) in [6.07, 6.45) is 3.25. The van der Waals surface area contributed by atoms with E-state index in [0.717, 1.165) is 15.8 Å². The van der Waals surface area contributed by atoms with Crippen LogP contribution in [0, 0.1) is 6.92 Å². The number of aryl methyl sites for hydroxylation is 1. The third-order valence-electron chi connectivity index (χ3n) is 2.49. The molecule has 1 N–H and O–H groups in total. The molecule has 0 amide bonds. The first-order valence-corrected chi connectivity index (χ1v) is 6.93. The summed E-state index contributed by atoms with van der Waals surface area (Å²) >= 11 is 0.180. The van der Waals surface area contributed by atoms with Gasteiger partial charge in [0.25, 0.3) is 0 Å². The topological polar surface area (TPSA) is 54.5 Å². The number of rotatable bonds is 2. The molecule has 2 aromatic heterocycles. The van der Waals surface area contributed by atoms with Gasteiger partial charge in [-0.05, 0) is 0 Å². The fourth-order valence-corrected chi connectivity index (χ4v) is 3.56. The Hall–Kier alpha value is -1.71. The molecule has 2 heterocycles. The van der Waals surface area contributed by atoms with Crippen molar-refractivity contribution in [3.8, 4) is 0 Å². The van der Waals surface area contributed by atoms with Crippen molar-refractivity contribution in [1.29, 1.82) is 0 Å². The number of hydrogen-bond donors (Lipinski definition) is 1. The Morgan fingerprint density at radius 1 is 1.12 bits per heavy atom. The first kappa shape index (κ1) is 10.4. The average molecular weight is 289 g/mol. The van der Waals surface area contributed by atoms with Crippen LogP contribution >= 0.6 is 0 Å². The monoisotopic (exact) mass is 290 g/mol. The summed E-state index contributed by atoms with van der Waals surface area (Å²) in [7, 11) is 0. The van der Waals surface area contributed by atoms with E-state index in [9.17, 15) is 0 Å². The molecule has 0 radical (unpaired) electrons. The number of nitrogens with zero attached hydrogens (tertiary/aromatic N) is 3. The molecule has 5 heteroatoms. The van der Waals surface area contributed by atoms with E-state index in [2.05, 4.69) is 51.1 Å². The van der Waals surface area contributed by atoms with E-state index in [-0.39, 0.29) is 15.0 Å². The van der Waals surface area contributed by atoms with Crippen molar-refractivity contribution < 1.29 is 0 Å². The van der Waals surface area contributed by atoms with Gasteiger partial charge >= 0.3 is 105 Å². The predicted octanol–water partition coefficient (Wildman–Crippen LogP) is 0.316. The number of benzene rings is 1. The molecule has 0 saturated carbocycles. The van der Waals surface area contributed by atoms with E-state index < -0.39 is 0 Å². The van der Waals surface area contributed by atoms with Crippen LogP contribution in [0.1, 0.15) is 5.56 Å². The van der Waals surface area contributed by atoms with Crippen LogP contribution in [-0.2, 0) is 0 Å². The van der Waals surface area contributed by atoms with Crippen LogP contribution in [0.2, 0.25) is 0 Å². The molecule has 3 aromatic rings. The first-order chi connectivity index (χ1) is 8.34. The Labute approximate surface area is 105 Å². The van der Waals surface area contributed by atoms with Gasteiger partial charge in [0.1, 0.15) is 0 Å². The molecule has 0 fully saturated rings. The van der Waals surface area contributed by atoms with Gasteiger partial charge in [-0.2, -0.15) is 0 Å². The van der Waals surface area contributed by atoms with E-state index in [4.69, 9.17) is 0 Å². The van der Waals surface area contributed by atoms with Crippen LogP contribution in [0.4, 0.5) is 0 Å². The second-order valence-corrected chi connectivity index (χ2v) is 5.81. The Balaban J connectivity index is 2.06. The molecule has 0 aliphatic heterocycles. The second-order valence-electron chi connectivity index (χ2n) is 3.65. The molecule has 17 heavy (non-hydrogen) atoms. The van der Waals surface area contributed by atoms with Crippen molar-refractivity contribution in [2.75, 3.05) is 0 Å². The third kappa shape index (κ3) is 1.95. The zero-order chi connectivity index (χ0) is 11.7. The molecule has 3 rings (SSSR count). The van der Waals surface area contributed by atoms with E-state index in [1.165, 1.54) is 10.0 Å². The quantitative estimate of drug-likeness (QED) is 0.691. The van der Waals surface area contributed by atoms with E-state index in [1.54, 1.807) is 12.7 Å². The Kier molecular flexibility index (Phi) is 2.63. The van der Waals surface area contributed by atoms with Crippen molar-refractivity contribution >= 4 is 35.2 Å². The second kappa shape index (κ2) is 4.28. The Bertz CT molecular complexity index is 662. The number of fused-ring (bicyclic) bond motifs is 1. The van der Waals surface area contributed by atoms with Crippen LogP contribution in [0.25, 0.3) is 11.2 Å². The van der Waals surface area contributed by atoms with E-state index in [0.29, 0.717) is 0 Å². The van der Waals surface area contributed by atoms with Crippen LogP contribution in [-0.4, -0.2) is 34.9 Å². The van der Waals surface area contributed by atoms with Crippen molar-refractivity contribution in [3.05, 3.63) is 42.5 Å². The maximum atomic E-state index is 4.36. The van der Waals surface area contributed by atoms with Crippen molar-refractivity contribution in [2.24, 2.45) is 0 Å². The van der Waals surface area contributed by atoms with Crippen LogP contribution in [0.5, 0.6) is 0 Å². The summed E-state index contributed by atoms with van der Waals surface area (Å²) in [5.41, 5.74) is 3.00. The predicted molar refractivity (Wildman–Crippen MR) is 67.9 cm³/mol. The molecular weight excluding hydrogens is 279 g/mol. The van der Waals surface area contributed by atoms with Crippen molar-refractivity contribution in [3.63, 3.8) is 0 Å². The van der Waals surface area contributed by atoms with Crippen LogP contribution < -0.4 is 9.05 Å². The van der Waals surface area contributed by atoms with Gasteiger partial charge in [-0.1, -0.05) is 0 Å². The van der Waals surface area contributed by atoms with Gasteiger partial charge in [-0.3, -0.25) is 0 Å². The Morgan fingerprint density at radius 2 is 2.00 bits per heavy atom. The third-order valence-corrected chi connectivity index (χ3v) is 4.97. The maximum absolute atomic E-state index is 4.36. The molecule has 84 valence electrons. The summed E-state index contributed by atoms with van der Waals surface area (Å²) in [4.78, 5) is 15.7. The number of H-pyrrole nitrogens is 1. The summed E-state index contributed by atoms with van der Waals surface area (Å²) in [5.74, 6) is 0. The van der Waals surface area contributed by atoms with Crippen molar-refractivity contribution in [2.45, 2.75) is 6.92 Å². The summed E-state index contributed by atoms with van der Waals surface area (Å²) in [6, 6.07) is 8.40. The fourth-order valence-electron chi connectivity index (χ4n) is 1.60. The fraction of sp³-hybridized carbons (Fsp3) is 0.0833. The van der Waals surface area contributed by atoms with Gasteiger partial charge in [-0.15, -0.1) is 0 Å². The molecule has 4 nitrogen and oxygen atoms in total. The molecule has 0 atom stereocenters. The van der Waals surface area contributed by atoms with Crippen molar-refractivity contribution in [1.82, 2.24) is 19.9 Å². The van der Waals surface area contributed by atoms with Gasteiger partial charge in [0.15, 0.2) is 0 Å². The molecule has 0 unspecified atom stereocenters. The molecule has 0 aliphatic rings. The van der Waals surface area contributed by atoms with E-state index in [1.807, 2.05) is 0 Å². The number of aromatic amines is 1. The van der Waals surface area contributed by atoms with Gasteiger partial charge in [0.2, 0.25) is 0 Å². The molecule has 0 spiro atoms. The molecule has 1 aromatic carbocycles. The molecule has 0 saturated heterocycles.